The number of halogens is 1. The molecule has 1 aliphatic heterocycles. The van der Waals surface area contributed by atoms with Gasteiger partial charge in [0.05, 0.1) is 14.2 Å². The van der Waals surface area contributed by atoms with Crippen LogP contribution in [0.15, 0.2) is 18.2 Å². The Balaban J connectivity index is 0.00000225. The number of hydrogen-bond acceptors (Lipinski definition) is 4. The van der Waals surface area contributed by atoms with Crippen LogP contribution in [0.2, 0.25) is 0 Å². The fraction of sp³-hybridized carbons (Fsp3) is 0.632. The number of carbonyl (C=O) groups is 1. The van der Waals surface area contributed by atoms with Crippen LogP contribution in [0.25, 0.3) is 0 Å². The maximum atomic E-state index is 12.9. The minimum atomic E-state index is 0. The number of nitrogens with zero attached hydrogens (tertiary/aromatic N) is 1. The van der Waals surface area contributed by atoms with E-state index in [1.165, 1.54) is 0 Å². The topological polar surface area (TPSA) is 50.8 Å². The average molecular weight is 369 g/mol. The summed E-state index contributed by atoms with van der Waals surface area (Å²) in [5, 5.41) is 3.40. The van der Waals surface area contributed by atoms with E-state index >= 15 is 0 Å². The number of amides is 1. The van der Waals surface area contributed by atoms with Crippen LogP contribution in [0.1, 0.15) is 31.7 Å². The second kappa shape index (κ2) is 8.28. The van der Waals surface area contributed by atoms with E-state index in [0.29, 0.717) is 24.0 Å². The number of piperidine rings is 1. The maximum absolute atomic E-state index is 12.9. The molecule has 2 fully saturated rings. The van der Waals surface area contributed by atoms with E-state index in [-0.39, 0.29) is 23.7 Å². The van der Waals surface area contributed by atoms with Crippen molar-refractivity contribution in [2.75, 3.05) is 33.9 Å². The molecule has 1 amide bonds. The number of methoxy groups -OCH3 is 2. The van der Waals surface area contributed by atoms with Crippen molar-refractivity contribution >= 4 is 18.3 Å². The lowest BCUT2D eigenvalue weighted by Crippen LogP contribution is -2.36. The van der Waals surface area contributed by atoms with E-state index < -0.39 is 0 Å². The van der Waals surface area contributed by atoms with Crippen molar-refractivity contribution in [2.24, 2.45) is 11.3 Å². The van der Waals surface area contributed by atoms with Crippen molar-refractivity contribution in [3.05, 3.63) is 23.8 Å². The Hall–Kier alpha value is -1.46. The SMILES string of the molecule is CCN(Cc1ccc(OC)c(OC)c1)C(=O)C1CC12CCNCC2.Cl. The van der Waals surface area contributed by atoms with Gasteiger partial charge in [0, 0.05) is 19.0 Å². The van der Waals surface area contributed by atoms with E-state index in [0.717, 1.165) is 44.5 Å². The van der Waals surface area contributed by atoms with Gasteiger partial charge in [-0.3, -0.25) is 4.79 Å². The highest BCUT2D eigenvalue weighted by molar-refractivity contribution is 5.85. The van der Waals surface area contributed by atoms with E-state index in [2.05, 4.69) is 12.2 Å². The summed E-state index contributed by atoms with van der Waals surface area (Å²) in [4.78, 5) is 14.9. The fourth-order valence-electron chi connectivity index (χ4n) is 3.94. The standard InChI is InChI=1S/C19H28N2O3.ClH/c1-4-21(13-14-5-6-16(23-2)17(11-14)24-3)18(22)15-12-19(15)7-9-20-10-8-19;/h5-6,11,15,20H,4,7-10,12-13H2,1-3H3;1H. The summed E-state index contributed by atoms with van der Waals surface area (Å²) in [5.41, 5.74) is 1.36. The first-order valence-electron chi connectivity index (χ1n) is 8.84. The zero-order chi connectivity index (χ0) is 17.2. The summed E-state index contributed by atoms with van der Waals surface area (Å²) >= 11 is 0. The number of nitrogens with one attached hydrogen (secondary N) is 1. The van der Waals surface area contributed by atoms with Crippen LogP contribution in [0.4, 0.5) is 0 Å². The zero-order valence-corrected chi connectivity index (χ0v) is 16.2. The summed E-state index contributed by atoms with van der Waals surface area (Å²) in [5.74, 6) is 1.96. The van der Waals surface area contributed by atoms with Crippen LogP contribution in [0.5, 0.6) is 11.5 Å². The zero-order valence-electron chi connectivity index (χ0n) is 15.3. The minimum Gasteiger partial charge on any atom is -0.493 e. The van der Waals surface area contributed by atoms with Crippen LogP contribution < -0.4 is 14.8 Å². The molecular weight excluding hydrogens is 340 g/mol. The molecule has 140 valence electrons. The lowest BCUT2D eigenvalue weighted by Gasteiger charge is -2.26. The molecule has 0 aromatic heterocycles. The summed E-state index contributed by atoms with van der Waals surface area (Å²) < 4.78 is 10.6. The van der Waals surface area contributed by atoms with Gasteiger partial charge in [0.15, 0.2) is 11.5 Å². The first-order valence-corrected chi connectivity index (χ1v) is 8.84. The maximum Gasteiger partial charge on any atom is 0.226 e. The molecule has 1 heterocycles. The van der Waals surface area contributed by atoms with E-state index in [9.17, 15) is 4.79 Å². The highest BCUT2D eigenvalue weighted by atomic mass is 35.5. The molecule has 1 aromatic rings. The Kier molecular flexibility index (Phi) is 6.58. The van der Waals surface area contributed by atoms with Crippen LogP contribution >= 0.6 is 12.4 Å². The normalized spacial score (nSPS) is 20.5. The lowest BCUT2D eigenvalue weighted by atomic mass is 9.91. The van der Waals surface area contributed by atoms with E-state index in [1.807, 2.05) is 23.1 Å². The fourth-order valence-corrected chi connectivity index (χ4v) is 3.94. The molecule has 0 bridgehead atoms. The lowest BCUT2D eigenvalue weighted by molar-refractivity contribution is -0.134. The summed E-state index contributed by atoms with van der Waals surface area (Å²) in [6, 6.07) is 5.87. The predicted molar refractivity (Wildman–Crippen MR) is 101 cm³/mol. The molecule has 1 atom stereocenters. The highest BCUT2D eigenvalue weighted by Gasteiger charge is 2.58. The molecule has 3 rings (SSSR count). The monoisotopic (exact) mass is 368 g/mol. The van der Waals surface area contributed by atoms with Gasteiger partial charge >= 0.3 is 0 Å². The molecule has 6 heteroatoms. The third kappa shape index (κ3) is 4.04. The molecular formula is C19H29ClN2O3. The van der Waals surface area contributed by atoms with Crippen LogP contribution in [0.3, 0.4) is 0 Å². The van der Waals surface area contributed by atoms with Gasteiger partial charge in [-0.25, -0.2) is 0 Å². The Bertz CT molecular complexity index is 602. The number of hydrogen-bond donors (Lipinski definition) is 1. The number of benzene rings is 1. The van der Waals surface area contributed by atoms with Crippen LogP contribution in [0, 0.1) is 11.3 Å². The largest absolute Gasteiger partial charge is 0.493 e. The molecule has 1 aliphatic carbocycles. The van der Waals surface area contributed by atoms with Crippen molar-refractivity contribution in [1.82, 2.24) is 10.2 Å². The Morgan fingerprint density at radius 3 is 2.52 bits per heavy atom. The third-order valence-corrected chi connectivity index (χ3v) is 5.60. The summed E-state index contributed by atoms with van der Waals surface area (Å²) in [7, 11) is 3.26. The van der Waals surface area contributed by atoms with Gasteiger partial charge in [-0.2, -0.15) is 0 Å². The van der Waals surface area contributed by atoms with Crippen molar-refractivity contribution in [3.63, 3.8) is 0 Å². The van der Waals surface area contributed by atoms with Gasteiger partial charge in [0.1, 0.15) is 0 Å². The molecule has 1 unspecified atom stereocenters. The van der Waals surface area contributed by atoms with Crippen molar-refractivity contribution < 1.29 is 14.3 Å². The Morgan fingerprint density at radius 2 is 1.92 bits per heavy atom. The smallest absolute Gasteiger partial charge is 0.226 e. The Morgan fingerprint density at radius 1 is 1.24 bits per heavy atom. The molecule has 1 saturated carbocycles. The van der Waals surface area contributed by atoms with Gasteiger partial charge in [-0.05, 0) is 62.4 Å². The minimum absolute atomic E-state index is 0. The molecule has 1 spiro atoms. The van der Waals surface area contributed by atoms with E-state index in [1.54, 1.807) is 14.2 Å². The first kappa shape index (κ1) is 19.9. The molecule has 1 saturated heterocycles. The van der Waals surface area contributed by atoms with E-state index in [4.69, 9.17) is 9.47 Å². The average Bonchev–Trinajstić information content (AvgIpc) is 3.32. The van der Waals surface area contributed by atoms with Crippen molar-refractivity contribution in [2.45, 2.75) is 32.7 Å². The number of carbonyl (C=O) groups excluding carboxylic acids is 1. The molecule has 5 nitrogen and oxygen atoms in total. The van der Waals surface area contributed by atoms with Gasteiger partial charge < -0.3 is 19.7 Å². The molecule has 1 aromatic carbocycles. The second-order valence-electron chi connectivity index (χ2n) is 6.91. The Labute approximate surface area is 156 Å². The third-order valence-electron chi connectivity index (χ3n) is 5.60. The van der Waals surface area contributed by atoms with Gasteiger partial charge in [-0.15, -0.1) is 12.4 Å². The molecule has 0 radical (unpaired) electrons. The van der Waals surface area contributed by atoms with Gasteiger partial charge in [-0.1, -0.05) is 6.07 Å². The molecule has 25 heavy (non-hydrogen) atoms. The quantitative estimate of drug-likeness (QED) is 0.838. The van der Waals surface area contributed by atoms with Gasteiger partial charge in [0.25, 0.3) is 0 Å². The number of rotatable bonds is 6. The van der Waals surface area contributed by atoms with Gasteiger partial charge in [0.2, 0.25) is 5.91 Å². The first-order chi connectivity index (χ1) is 11.6. The van der Waals surface area contributed by atoms with Crippen LogP contribution in [-0.4, -0.2) is 44.7 Å². The summed E-state index contributed by atoms with van der Waals surface area (Å²) in [6.07, 6.45) is 3.34. The highest BCUT2D eigenvalue weighted by Crippen LogP contribution is 2.59. The molecule has 2 aliphatic rings. The van der Waals surface area contributed by atoms with Crippen molar-refractivity contribution in [3.8, 4) is 11.5 Å². The van der Waals surface area contributed by atoms with Crippen LogP contribution in [-0.2, 0) is 11.3 Å². The van der Waals surface area contributed by atoms with Crippen molar-refractivity contribution in [1.29, 1.82) is 0 Å². The molecule has 1 N–H and O–H groups in total. The number of ether oxygens (including phenoxy) is 2. The predicted octanol–water partition coefficient (Wildman–Crippen LogP) is 2.86. The second-order valence-corrected chi connectivity index (χ2v) is 6.91. The summed E-state index contributed by atoms with van der Waals surface area (Å²) in [6.45, 7) is 5.51.